The number of aromatic carboxylic acids is 1. The molecule has 0 amide bonds. The van der Waals surface area contributed by atoms with Crippen molar-refractivity contribution in [3.05, 3.63) is 112 Å². The highest BCUT2D eigenvalue weighted by molar-refractivity contribution is 6.01. The second kappa shape index (κ2) is 8.64. The van der Waals surface area contributed by atoms with Crippen molar-refractivity contribution in [3.63, 3.8) is 0 Å². The third kappa shape index (κ3) is 3.81. The van der Waals surface area contributed by atoms with Gasteiger partial charge in [0.15, 0.2) is 0 Å². The van der Waals surface area contributed by atoms with Gasteiger partial charge in [0.1, 0.15) is 22.9 Å². The molecule has 7 heteroatoms. The first-order chi connectivity index (χ1) is 17.9. The van der Waals surface area contributed by atoms with Crippen molar-refractivity contribution in [2.75, 3.05) is 0 Å². The standard InChI is InChI=1S/C30H20O7/c1-16-13-24-28(20(14-25(31)36-24)17-7-3-2-4-8-17)29-27(16)21(15-26(32)37-29)23-12-11-22(35-23)18-9-5-6-10-19(18)30(33)34/h2-14,21H,15H2,1H3,(H,33,34). The molecule has 0 saturated carbocycles. The molecule has 182 valence electrons. The predicted molar refractivity (Wildman–Crippen MR) is 136 cm³/mol. The zero-order valence-corrected chi connectivity index (χ0v) is 19.7. The Balaban J connectivity index is 1.56. The Hall–Kier alpha value is -4.91. The number of hydrogen-bond donors (Lipinski definition) is 1. The minimum absolute atomic E-state index is 0.0460. The Morgan fingerprint density at radius 2 is 1.65 bits per heavy atom. The lowest BCUT2D eigenvalue weighted by molar-refractivity contribution is -0.135. The number of carboxylic acid groups (broad SMARTS) is 1. The maximum Gasteiger partial charge on any atom is 0.336 e. The summed E-state index contributed by atoms with van der Waals surface area (Å²) in [6.07, 6.45) is 0.0460. The van der Waals surface area contributed by atoms with E-state index in [0.717, 1.165) is 16.7 Å². The number of carboxylic acids is 1. The van der Waals surface area contributed by atoms with E-state index in [1.165, 1.54) is 12.1 Å². The smallest absolute Gasteiger partial charge is 0.336 e. The quantitative estimate of drug-likeness (QED) is 0.182. The molecule has 0 aliphatic carbocycles. The van der Waals surface area contributed by atoms with Gasteiger partial charge in [-0.05, 0) is 42.3 Å². The fraction of sp³-hybridized carbons (Fsp3) is 0.100. The van der Waals surface area contributed by atoms with Crippen LogP contribution < -0.4 is 10.4 Å². The molecule has 1 N–H and O–H groups in total. The summed E-state index contributed by atoms with van der Waals surface area (Å²) >= 11 is 0. The van der Waals surface area contributed by atoms with Crippen LogP contribution in [0, 0.1) is 6.92 Å². The average Bonchev–Trinajstić information content (AvgIpc) is 3.38. The third-order valence-electron chi connectivity index (χ3n) is 6.65. The van der Waals surface area contributed by atoms with Crippen molar-refractivity contribution in [1.82, 2.24) is 0 Å². The van der Waals surface area contributed by atoms with Crippen LogP contribution in [0.2, 0.25) is 0 Å². The molecule has 3 heterocycles. The maximum absolute atomic E-state index is 12.9. The van der Waals surface area contributed by atoms with Crippen LogP contribution in [-0.4, -0.2) is 17.0 Å². The molecule has 5 aromatic rings. The van der Waals surface area contributed by atoms with Crippen molar-refractivity contribution >= 4 is 22.9 Å². The molecule has 0 spiro atoms. The SMILES string of the molecule is Cc1cc2oc(=O)cc(-c3ccccc3)c2c2c1C(c1ccc(-c3ccccc3C(=O)O)o1)CC(=O)O2. The zero-order valence-electron chi connectivity index (χ0n) is 19.7. The van der Waals surface area contributed by atoms with Crippen molar-refractivity contribution in [1.29, 1.82) is 0 Å². The van der Waals surface area contributed by atoms with Crippen LogP contribution in [0.5, 0.6) is 5.75 Å². The van der Waals surface area contributed by atoms with Crippen LogP contribution in [0.25, 0.3) is 33.4 Å². The van der Waals surface area contributed by atoms with Gasteiger partial charge < -0.3 is 18.7 Å². The molecule has 7 nitrogen and oxygen atoms in total. The summed E-state index contributed by atoms with van der Waals surface area (Å²) in [5, 5.41) is 10.1. The summed E-state index contributed by atoms with van der Waals surface area (Å²) in [6, 6.07) is 22.6. The zero-order chi connectivity index (χ0) is 25.7. The Labute approximate surface area is 210 Å². The third-order valence-corrected chi connectivity index (χ3v) is 6.65. The van der Waals surface area contributed by atoms with E-state index in [1.807, 2.05) is 37.3 Å². The molecule has 6 rings (SSSR count). The van der Waals surface area contributed by atoms with Crippen molar-refractivity contribution in [2.24, 2.45) is 0 Å². The van der Waals surface area contributed by atoms with E-state index in [4.69, 9.17) is 13.6 Å². The average molecular weight is 492 g/mol. The summed E-state index contributed by atoms with van der Waals surface area (Å²) < 4.78 is 17.5. The van der Waals surface area contributed by atoms with Gasteiger partial charge in [-0.1, -0.05) is 48.5 Å². The second-order valence-corrected chi connectivity index (χ2v) is 8.94. The fourth-order valence-corrected chi connectivity index (χ4v) is 5.06. The number of carbonyl (C=O) groups excluding carboxylic acids is 1. The Morgan fingerprint density at radius 3 is 2.43 bits per heavy atom. The number of hydrogen-bond acceptors (Lipinski definition) is 6. The minimum atomic E-state index is -1.06. The van der Waals surface area contributed by atoms with E-state index in [1.54, 1.807) is 36.4 Å². The van der Waals surface area contributed by atoms with Gasteiger partial charge in [0, 0.05) is 22.8 Å². The summed E-state index contributed by atoms with van der Waals surface area (Å²) in [7, 11) is 0. The van der Waals surface area contributed by atoms with Gasteiger partial charge in [-0.15, -0.1) is 0 Å². The first-order valence-corrected chi connectivity index (χ1v) is 11.7. The van der Waals surface area contributed by atoms with Gasteiger partial charge in [0.05, 0.1) is 23.3 Å². The molecule has 1 aliphatic rings. The summed E-state index contributed by atoms with van der Waals surface area (Å²) in [5.41, 5.74) is 3.31. The fourth-order valence-electron chi connectivity index (χ4n) is 5.06. The van der Waals surface area contributed by atoms with Crippen molar-refractivity contribution in [2.45, 2.75) is 19.3 Å². The van der Waals surface area contributed by atoms with Crippen LogP contribution in [0.1, 0.15) is 39.6 Å². The van der Waals surface area contributed by atoms with Crippen LogP contribution >= 0.6 is 0 Å². The predicted octanol–water partition coefficient (Wildman–Crippen LogP) is 6.17. The number of carbonyl (C=O) groups is 2. The van der Waals surface area contributed by atoms with E-state index in [-0.39, 0.29) is 12.0 Å². The highest BCUT2D eigenvalue weighted by atomic mass is 16.5. The van der Waals surface area contributed by atoms with Gasteiger partial charge in [0.25, 0.3) is 0 Å². The van der Waals surface area contributed by atoms with Gasteiger partial charge >= 0.3 is 17.6 Å². The van der Waals surface area contributed by atoms with E-state index >= 15 is 0 Å². The van der Waals surface area contributed by atoms with Gasteiger partial charge in [-0.25, -0.2) is 9.59 Å². The highest BCUT2D eigenvalue weighted by Crippen LogP contribution is 2.47. The van der Waals surface area contributed by atoms with Crippen molar-refractivity contribution in [3.8, 4) is 28.2 Å². The number of benzene rings is 3. The first kappa shape index (κ1) is 22.5. The number of fused-ring (bicyclic) bond motifs is 3. The maximum atomic E-state index is 12.9. The normalized spacial score (nSPS) is 14.8. The van der Waals surface area contributed by atoms with E-state index in [0.29, 0.717) is 39.4 Å². The molecule has 0 fully saturated rings. The topological polar surface area (TPSA) is 107 Å². The van der Waals surface area contributed by atoms with E-state index in [9.17, 15) is 19.5 Å². The molecule has 37 heavy (non-hydrogen) atoms. The summed E-state index contributed by atoms with van der Waals surface area (Å²) in [4.78, 5) is 37.0. The van der Waals surface area contributed by atoms with Gasteiger partial charge in [0.2, 0.25) is 0 Å². The first-order valence-electron chi connectivity index (χ1n) is 11.7. The van der Waals surface area contributed by atoms with Gasteiger partial charge in [-0.3, -0.25) is 4.79 Å². The molecule has 1 atom stereocenters. The lowest BCUT2D eigenvalue weighted by atomic mass is 9.85. The molecule has 2 aromatic heterocycles. The number of ether oxygens (including phenoxy) is 1. The monoisotopic (exact) mass is 492 g/mol. The number of rotatable bonds is 4. The molecule has 0 bridgehead atoms. The van der Waals surface area contributed by atoms with Crippen LogP contribution in [0.15, 0.2) is 92.5 Å². The number of aryl methyl sites for hydroxylation is 1. The summed E-state index contributed by atoms with van der Waals surface area (Å²) in [5.74, 6) is -0.738. The molecule has 3 aromatic carbocycles. The lowest BCUT2D eigenvalue weighted by Gasteiger charge is -2.26. The molecule has 0 saturated heterocycles. The Bertz CT molecular complexity index is 1760. The summed E-state index contributed by atoms with van der Waals surface area (Å²) in [6.45, 7) is 1.86. The van der Waals surface area contributed by atoms with Crippen LogP contribution in [0.3, 0.4) is 0 Å². The number of esters is 1. The van der Waals surface area contributed by atoms with Gasteiger partial charge in [-0.2, -0.15) is 0 Å². The Kier molecular flexibility index (Phi) is 5.26. The molecular formula is C30H20O7. The van der Waals surface area contributed by atoms with E-state index < -0.39 is 23.5 Å². The molecule has 1 aliphatic heterocycles. The largest absolute Gasteiger partial charge is 0.478 e. The molecule has 0 radical (unpaired) electrons. The molecular weight excluding hydrogens is 472 g/mol. The highest BCUT2D eigenvalue weighted by Gasteiger charge is 2.35. The molecule has 1 unspecified atom stereocenters. The van der Waals surface area contributed by atoms with Crippen molar-refractivity contribution < 1.29 is 28.3 Å². The number of furan rings is 1. The minimum Gasteiger partial charge on any atom is -0.478 e. The Morgan fingerprint density at radius 1 is 0.892 bits per heavy atom. The van der Waals surface area contributed by atoms with Crippen LogP contribution in [-0.2, 0) is 4.79 Å². The lowest BCUT2D eigenvalue weighted by Crippen LogP contribution is -2.22. The second-order valence-electron chi connectivity index (χ2n) is 8.94. The van der Waals surface area contributed by atoms with Crippen LogP contribution in [0.4, 0.5) is 0 Å². The van der Waals surface area contributed by atoms with E-state index in [2.05, 4.69) is 0 Å².